The molecule has 2 aromatic carbocycles. The third-order valence-electron chi connectivity index (χ3n) is 2.91. The SMILES string of the molecule is Cc1ccc(OCc2cc(Cl)ccc2Cl)c([B-](F)(F)F)c1.[K+]. The Morgan fingerprint density at radius 2 is 1.73 bits per heavy atom. The van der Waals surface area contributed by atoms with E-state index in [0.717, 1.165) is 6.07 Å². The number of aryl methyl sites for hydroxylation is 1. The molecule has 2 rings (SSSR count). The number of hydrogen-bond acceptors (Lipinski definition) is 1. The summed E-state index contributed by atoms with van der Waals surface area (Å²) in [5.74, 6) is -0.204. The van der Waals surface area contributed by atoms with Crippen LogP contribution >= 0.6 is 23.2 Å². The van der Waals surface area contributed by atoms with Crippen LogP contribution in [0.15, 0.2) is 36.4 Å². The van der Waals surface area contributed by atoms with Gasteiger partial charge in [-0.3, -0.25) is 0 Å². The van der Waals surface area contributed by atoms with Crippen LogP contribution < -0.4 is 61.6 Å². The molecule has 0 aliphatic rings. The Bertz CT molecular complexity index is 665. The predicted octanol–water partition coefficient (Wildman–Crippen LogP) is 1.94. The number of benzene rings is 2. The van der Waals surface area contributed by atoms with Crippen LogP contribution in [0.2, 0.25) is 10.0 Å². The van der Waals surface area contributed by atoms with Crippen LogP contribution in [0.25, 0.3) is 0 Å². The van der Waals surface area contributed by atoms with Gasteiger partial charge in [0, 0.05) is 15.6 Å². The van der Waals surface area contributed by atoms with Crippen molar-refractivity contribution in [3.05, 3.63) is 57.6 Å². The maximum atomic E-state index is 13.0. The van der Waals surface area contributed by atoms with E-state index in [1.54, 1.807) is 31.2 Å². The molecule has 0 unspecified atom stereocenters. The van der Waals surface area contributed by atoms with Gasteiger partial charge in [0.2, 0.25) is 0 Å². The summed E-state index contributed by atoms with van der Waals surface area (Å²) in [5.41, 5.74) is 0.316. The molecule has 0 aromatic heterocycles. The molecule has 0 bridgehead atoms. The smallest absolute Gasteiger partial charge is 0.492 e. The molecule has 0 saturated carbocycles. The predicted molar refractivity (Wildman–Crippen MR) is 80.7 cm³/mol. The van der Waals surface area contributed by atoms with Crippen molar-refractivity contribution in [1.82, 2.24) is 0 Å². The molecule has 2 aromatic rings. The Labute approximate surface area is 179 Å². The van der Waals surface area contributed by atoms with E-state index in [1.807, 2.05) is 0 Å². The summed E-state index contributed by atoms with van der Waals surface area (Å²) in [7, 11) is 0. The van der Waals surface area contributed by atoms with Crippen LogP contribution in [0.4, 0.5) is 12.9 Å². The Hall–Kier alpha value is 0.311. The zero-order valence-corrected chi connectivity index (χ0v) is 16.7. The van der Waals surface area contributed by atoms with Gasteiger partial charge in [-0.15, -0.1) is 0 Å². The maximum Gasteiger partial charge on any atom is 1.00 e. The van der Waals surface area contributed by atoms with Gasteiger partial charge in [-0.05, 0) is 31.2 Å². The van der Waals surface area contributed by atoms with Crippen LogP contribution in [0, 0.1) is 6.92 Å². The fourth-order valence-electron chi connectivity index (χ4n) is 1.86. The molecule has 0 saturated heterocycles. The van der Waals surface area contributed by atoms with Crippen LogP contribution in [-0.4, -0.2) is 6.98 Å². The minimum atomic E-state index is -5.14. The zero-order chi connectivity index (χ0) is 15.6. The minimum Gasteiger partial charge on any atom is -0.492 e. The second-order valence-corrected chi connectivity index (χ2v) is 5.48. The minimum absolute atomic E-state index is 0. The summed E-state index contributed by atoms with van der Waals surface area (Å²) in [6.45, 7) is -3.62. The Morgan fingerprint density at radius 3 is 2.36 bits per heavy atom. The van der Waals surface area contributed by atoms with Crippen molar-refractivity contribution in [3.8, 4) is 5.75 Å². The Kier molecular flexibility index (Phi) is 7.79. The summed E-state index contributed by atoms with van der Waals surface area (Å²) in [6.07, 6.45) is 0. The average Bonchev–Trinajstić information content (AvgIpc) is 2.40. The van der Waals surface area contributed by atoms with Gasteiger partial charge in [-0.25, -0.2) is 0 Å². The van der Waals surface area contributed by atoms with Crippen molar-refractivity contribution in [3.63, 3.8) is 0 Å². The molecule has 0 radical (unpaired) electrons. The summed E-state index contributed by atoms with van der Waals surface area (Å²) in [4.78, 5) is 0. The number of rotatable bonds is 4. The number of halogens is 5. The van der Waals surface area contributed by atoms with Crippen molar-refractivity contribution < 1.29 is 69.1 Å². The molecule has 0 atom stereocenters. The zero-order valence-electron chi connectivity index (χ0n) is 12.0. The Balaban J connectivity index is 0.00000242. The molecular weight excluding hydrogens is 362 g/mol. The molecule has 0 amide bonds. The summed E-state index contributed by atoms with van der Waals surface area (Å²) in [5, 5.41) is 0.841. The van der Waals surface area contributed by atoms with Crippen LogP contribution in [0.1, 0.15) is 11.1 Å². The van der Waals surface area contributed by atoms with Gasteiger partial charge < -0.3 is 17.7 Å². The van der Waals surface area contributed by atoms with Crippen molar-refractivity contribution in [2.24, 2.45) is 0 Å². The van der Waals surface area contributed by atoms with Gasteiger partial charge in [-0.1, -0.05) is 46.4 Å². The fourth-order valence-corrected chi connectivity index (χ4v) is 2.23. The van der Waals surface area contributed by atoms with E-state index < -0.39 is 12.4 Å². The molecule has 0 heterocycles. The Morgan fingerprint density at radius 1 is 1.05 bits per heavy atom. The van der Waals surface area contributed by atoms with Gasteiger partial charge in [0.05, 0.1) is 5.75 Å². The van der Waals surface area contributed by atoms with E-state index in [4.69, 9.17) is 27.9 Å². The quantitative estimate of drug-likeness (QED) is 0.745. The van der Waals surface area contributed by atoms with Crippen LogP contribution in [-0.2, 0) is 6.61 Å². The van der Waals surface area contributed by atoms with Gasteiger partial charge in [0.15, 0.2) is 0 Å². The third kappa shape index (κ3) is 5.44. The first-order chi connectivity index (χ1) is 9.77. The monoisotopic (exact) mass is 372 g/mol. The van der Waals surface area contributed by atoms with E-state index >= 15 is 0 Å². The molecule has 0 fully saturated rings. The first-order valence-corrected chi connectivity index (χ1v) is 6.90. The van der Waals surface area contributed by atoms with Gasteiger partial charge in [0.1, 0.15) is 6.61 Å². The van der Waals surface area contributed by atoms with Crippen molar-refractivity contribution in [2.75, 3.05) is 0 Å². The standard InChI is InChI=1S/C14H11BCl2F3O.K/c1-9-2-5-14(12(6-9)15(18,19)20)21-8-10-7-11(16)3-4-13(10)17;/h2-7H,8H2,1H3;/q-1;+1. The van der Waals surface area contributed by atoms with Crippen LogP contribution in [0.3, 0.4) is 0 Å². The van der Waals surface area contributed by atoms with Gasteiger partial charge in [0.25, 0.3) is 0 Å². The molecule has 0 N–H and O–H groups in total. The van der Waals surface area contributed by atoms with Gasteiger partial charge in [-0.2, -0.15) is 0 Å². The van der Waals surface area contributed by atoms with Gasteiger partial charge >= 0.3 is 58.4 Å². The molecule has 0 aliphatic carbocycles. The van der Waals surface area contributed by atoms with Crippen molar-refractivity contribution in [2.45, 2.75) is 13.5 Å². The van der Waals surface area contributed by atoms with Crippen LogP contribution in [0.5, 0.6) is 5.75 Å². The average molecular weight is 373 g/mol. The van der Waals surface area contributed by atoms with Crippen molar-refractivity contribution in [1.29, 1.82) is 0 Å². The van der Waals surface area contributed by atoms with E-state index in [2.05, 4.69) is 0 Å². The molecule has 0 aliphatic heterocycles. The largest absolute Gasteiger partial charge is 1.00 e. The van der Waals surface area contributed by atoms with E-state index in [-0.39, 0.29) is 63.7 Å². The third-order valence-corrected chi connectivity index (χ3v) is 3.51. The van der Waals surface area contributed by atoms with Crippen molar-refractivity contribution >= 4 is 35.6 Å². The van der Waals surface area contributed by atoms with E-state index in [9.17, 15) is 12.9 Å². The second-order valence-electron chi connectivity index (χ2n) is 4.64. The summed E-state index contributed by atoms with van der Waals surface area (Å²) < 4.78 is 44.4. The molecular formula is C14H11BCl2F3KO. The molecule has 22 heavy (non-hydrogen) atoms. The molecule has 0 spiro atoms. The number of ether oxygens (including phenoxy) is 1. The topological polar surface area (TPSA) is 9.23 Å². The summed E-state index contributed by atoms with van der Waals surface area (Å²) in [6, 6.07) is 8.71. The molecule has 1 nitrogen and oxygen atoms in total. The van der Waals surface area contributed by atoms with E-state index in [0.29, 0.717) is 21.2 Å². The number of hydrogen-bond donors (Lipinski definition) is 0. The molecule has 8 heteroatoms. The first-order valence-electron chi connectivity index (χ1n) is 6.14. The molecule has 112 valence electrons. The fraction of sp³-hybridized carbons (Fsp3) is 0.143. The normalized spacial score (nSPS) is 11.0. The van der Waals surface area contributed by atoms with E-state index in [1.165, 1.54) is 6.07 Å². The first kappa shape index (κ1) is 20.4. The maximum absolute atomic E-state index is 13.0. The summed E-state index contributed by atoms with van der Waals surface area (Å²) >= 11 is 11.8. The second kappa shape index (κ2) is 8.42.